The van der Waals surface area contributed by atoms with E-state index in [0.29, 0.717) is 6.42 Å². The highest BCUT2D eigenvalue weighted by Crippen LogP contribution is 2.37. The minimum absolute atomic E-state index is 0.163. The SMILES string of the molecule is CC1(C(Cl)Cl)C=CC(=O)CC1. The van der Waals surface area contributed by atoms with Gasteiger partial charge in [-0.15, -0.1) is 23.2 Å². The van der Waals surface area contributed by atoms with Crippen LogP contribution < -0.4 is 0 Å². The highest BCUT2D eigenvalue weighted by atomic mass is 35.5. The Balaban J connectivity index is 2.75. The summed E-state index contributed by atoms with van der Waals surface area (Å²) in [5.41, 5.74) is -0.211. The van der Waals surface area contributed by atoms with E-state index in [2.05, 4.69) is 0 Å². The van der Waals surface area contributed by atoms with Crippen molar-refractivity contribution in [2.24, 2.45) is 5.41 Å². The van der Waals surface area contributed by atoms with Crippen molar-refractivity contribution >= 4 is 29.0 Å². The first kappa shape index (κ1) is 9.08. The molecule has 0 aliphatic heterocycles. The van der Waals surface area contributed by atoms with E-state index in [9.17, 15) is 4.79 Å². The highest BCUT2D eigenvalue weighted by molar-refractivity contribution is 6.45. The Morgan fingerprint density at radius 2 is 2.27 bits per heavy atom. The van der Waals surface area contributed by atoms with Crippen molar-refractivity contribution < 1.29 is 4.79 Å². The number of alkyl halides is 2. The van der Waals surface area contributed by atoms with Crippen LogP contribution in [0, 0.1) is 5.41 Å². The van der Waals surface area contributed by atoms with Gasteiger partial charge in [0.05, 0.1) is 0 Å². The molecule has 3 heteroatoms. The first-order chi connectivity index (χ1) is 5.04. The van der Waals surface area contributed by atoms with Gasteiger partial charge < -0.3 is 0 Å². The molecular weight excluding hydrogens is 183 g/mol. The molecule has 0 saturated carbocycles. The Bertz CT molecular complexity index is 198. The molecule has 1 nitrogen and oxygen atoms in total. The van der Waals surface area contributed by atoms with E-state index in [1.54, 1.807) is 6.08 Å². The smallest absolute Gasteiger partial charge is 0.155 e. The number of hydrogen-bond donors (Lipinski definition) is 0. The van der Waals surface area contributed by atoms with Gasteiger partial charge >= 0.3 is 0 Å². The number of carbonyl (C=O) groups excluding carboxylic acids is 1. The number of hydrogen-bond acceptors (Lipinski definition) is 1. The molecule has 0 amide bonds. The second-order valence-electron chi connectivity index (χ2n) is 3.11. The van der Waals surface area contributed by atoms with E-state index in [1.165, 1.54) is 0 Å². The first-order valence-electron chi connectivity index (χ1n) is 3.55. The van der Waals surface area contributed by atoms with E-state index in [0.717, 1.165) is 6.42 Å². The molecule has 0 heterocycles. The molecule has 62 valence electrons. The normalized spacial score (nSPS) is 31.5. The van der Waals surface area contributed by atoms with Gasteiger partial charge in [0.25, 0.3) is 0 Å². The third-order valence-electron chi connectivity index (χ3n) is 2.06. The molecule has 0 aromatic carbocycles. The lowest BCUT2D eigenvalue weighted by Crippen LogP contribution is -2.25. The third kappa shape index (κ3) is 1.97. The zero-order chi connectivity index (χ0) is 8.48. The maximum absolute atomic E-state index is 10.8. The van der Waals surface area contributed by atoms with Gasteiger partial charge in [-0.25, -0.2) is 0 Å². The molecule has 1 unspecified atom stereocenters. The van der Waals surface area contributed by atoms with Crippen LogP contribution in [0.5, 0.6) is 0 Å². The van der Waals surface area contributed by atoms with Gasteiger partial charge in [-0.3, -0.25) is 4.79 Å². The van der Waals surface area contributed by atoms with E-state index in [1.807, 2.05) is 13.0 Å². The van der Waals surface area contributed by atoms with Crippen LogP contribution in [0.2, 0.25) is 0 Å². The summed E-state index contributed by atoms with van der Waals surface area (Å²) in [6.45, 7) is 1.96. The molecule has 1 aliphatic carbocycles. The van der Waals surface area contributed by atoms with Gasteiger partial charge in [0.1, 0.15) is 4.84 Å². The molecule has 0 aromatic rings. The second-order valence-corrected chi connectivity index (χ2v) is 4.20. The van der Waals surface area contributed by atoms with E-state index in [-0.39, 0.29) is 11.2 Å². The number of carbonyl (C=O) groups is 1. The fourth-order valence-electron chi connectivity index (χ4n) is 1.02. The molecule has 0 spiro atoms. The molecular formula is C8H10Cl2O. The van der Waals surface area contributed by atoms with Crippen molar-refractivity contribution in [2.45, 2.75) is 24.6 Å². The van der Waals surface area contributed by atoms with Crippen LogP contribution in [0.3, 0.4) is 0 Å². The summed E-state index contributed by atoms with van der Waals surface area (Å²) < 4.78 is 0. The van der Waals surface area contributed by atoms with Gasteiger partial charge in [0.15, 0.2) is 5.78 Å². The summed E-state index contributed by atoms with van der Waals surface area (Å²) in [6.07, 6.45) is 4.69. The van der Waals surface area contributed by atoms with Gasteiger partial charge in [-0.2, -0.15) is 0 Å². The lowest BCUT2D eigenvalue weighted by Gasteiger charge is -2.29. The summed E-state index contributed by atoms with van der Waals surface area (Å²) in [5, 5.41) is 0. The van der Waals surface area contributed by atoms with Crippen molar-refractivity contribution in [2.75, 3.05) is 0 Å². The molecule has 1 rings (SSSR count). The van der Waals surface area contributed by atoms with Crippen LogP contribution in [0.1, 0.15) is 19.8 Å². The maximum Gasteiger partial charge on any atom is 0.155 e. The zero-order valence-electron chi connectivity index (χ0n) is 6.31. The summed E-state index contributed by atoms with van der Waals surface area (Å²) in [4.78, 5) is 10.4. The van der Waals surface area contributed by atoms with Crippen molar-refractivity contribution in [1.82, 2.24) is 0 Å². The summed E-state index contributed by atoms with van der Waals surface area (Å²) in [5.74, 6) is 0.163. The Labute approximate surface area is 76.4 Å². The van der Waals surface area contributed by atoms with Gasteiger partial charge in [0.2, 0.25) is 0 Å². The topological polar surface area (TPSA) is 17.1 Å². The Hall–Kier alpha value is -0.0100. The van der Waals surface area contributed by atoms with Gasteiger partial charge in [0, 0.05) is 11.8 Å². The average molecular weight is 193 g/mol. The molecule has 11 heavy (non-hydrogen) atoms. The molecule has 0 saturated heterocycles. The number of halogens is 2. The van der Waals surface area contributed by atoms with Crippen LogP contribution in [0.4, 0.5) is 0 Å². The molecule has 0 fully saturated rings. The van der Waals surface area contributed by atoms with Crippen molar-refractivity contribution in [3.63, 3.8) is 0 Å². The lowest BCUT2D eigenvalue weighted by molar-refractivity contribution is -0.115. The predicted octanol–water partition coefficient (Wildman–Crippen LogP) is 2.72. The standard InChI is InChI=1S/C8H10Cl2O/c1-8(7(9)10)4-2-6(11)3-5-8/h2,4,7H,3,5H2,1H3. The Morgan fingerprint density at radius 1 is 1.64 bits per heavy atom. The summed E-state index contributed by atoms with van der Waals surface area (Å²) >= 11 is 11.5. The van der Waals surface area contributed by atoms with Gasteiger partial charge in [-0.05, 0) is 12.5 Å². The molecule has 0 aromatic heterocycles. The molecule has 0 bridgehead atoms. The maximum atomic E-state index is 10.8. The average Bonchev–Trinajstić information content (AvgIpc) is 1.95. The number of allylic oxidation sites excluding steroid dienone is 2. The number of rotatable bonds is 1. The van der Waals surface area contributed by atoms with E-state index < -0.39 is 4.84 Å². The molecule has 1 atom stereocenters. The monoisotopic (exact) mass is 192 g/mol. The van der Waals surface area contributed by atoms with E-state index >= 15 is 0 Å². The first-order valence-corrected chi connectivity index (χ1v) is 4.42. The lowest BCUT2D eigenvalue weighted by atomic mass is 9.82. The molecule has 0 N–H and O–H groups in total. The second kappa shape index (κ2) is 3.16. The van der Waals surface area contributed by atoms with Crippen LogP contribution in [-0.4, -0.2) is 10.6 Å². The Kier molecular flexibility index (Phi) is 2.61. The van der Waals surface area contributed by atoms with E-state index in [4.69, 9.17) is 23.2 Å². The molecule has 0 radical (unpaired) electrons. The quantitative estimate of drug-likeness (QED) is 0.585. The van der Waals surface area contributed by atoms with Crippen LogP contribution in [0.15, 0.2) is 12.2 Å². The van der Waals surface area contributed by atoms with Crippen LogP contribution in [0.25, 0.3) is 0 Å². The van der Waals surface area contributed by atoms with Gasteiger partial charge in [-0.1, -0.05) is 13.0 Å². The largest absolute Gasteiger partial charge is 0.295 e. The van der Waals surface area contributed by atoms with Crippen molar-refractivity contribution in [3.8, 4) is 0 Å². The summed E-state index contributed by atoms with van der Waals surface area (Å²) in [6, 6.07) is 0. The highest BCUT2D eigenvalue weighted by Gasteiger charge is 2.31. The molecule has 1 aliphatic rings. The number of ketones is 1. The van der Waals surface area contributed by atoms with Crippen molar-refractivity contribution in [3.05, 3.63) is 12.2 Å². The fraction of sp³-hybridized carbons (Fsp3) is 0.625. The Morgan fingerprint density at radius 3 is 2.64 bits per heavy atom. The zero-order valence-corrected chi connectivity index (χ0v) is 7.82. The third-order valence-corrected chi connectivity index (χ3v) is 3.06. The summed E-state index contributed by atoms with van der Waals surface area (Å²) in [7, 11) is 0. The van der Waals surface area contributed by atoms with Crippen LogP contribution >= 0.6 is 23.2 Å². The fourth-order valence-corrected chi connectivity index (χ4v) is 1.39. The minimum atomic E-state index is -0.424. The van der Waals surface area contributed by atoms with Crippen molar-refractivity contribution in [1.29, 1.82) is 0 Å². The predicted molar refractivity (Wildman–Crippen MR) is 47.0 cm³/mol. The van der Waals surface area contributed by atoms with Crippen LogP contribution in [-0.2, 0) is 4.79 Å². The minimum Gasteiger partial charge on any atom is -0.295 e.